The van der Waals surface area contributed by atoms with Crippen LogP contribution >= 0.6 is 0 Å². The molecule has 120 valence electrons. The van der Waals surface area contributed by atoms with Crippen molar-refractivity contribution in [1.82, 2.24) is 15.3 Å². The molecule has 0 saturated carbocycles. The van der Waals surface area contributed by atoms with Gasteiger partial charge in [0.2, 0.25) is 0 Å². The molecular weight excluding hydrogens is 294 g/mol. The largest absolute Gasteiger partial charge is 0.445 e. The average molecular weight is 313 g/mol. The second kappa shape index (κ2) is 8.38. The number of nitrogens with two attached hydrogens (primary N) is 2. The summed E-state index contributed by atoms with van der Waals surface area (Å²) in [5.41, 5.74) is 12.6. The van der Waals surface area contributed by atoms with Gasteiger partial charge in [0.25, 0.3) is 0 Å². The summed E-state index contributed by atoms with van der Waals surface area (Å²) in [6, 6.07) is 9.50. The number of hydrogen-bond donors (Lipinski definition) is 3. The lowest BCUT2D eigenvalue weighted by Gasteiger charge is -2.05. The summed E-state index contributed by atoms with van der Waals surface area (Å²) in [7, 11) is 0. The Balaban J connectivity index is 1.65. The third-order valence-electron chi connectivity index (χ3n) is 2.93. The van der Waals surface area contributed by atoms with Crippen LogP contribution in [0.4, 0.5) is 16.4 Å². The van der Waals surface area contributed by atoms with Crippen molar-refractivity contribution in [1.29, 1.82) is 0 Å². The van der Waals surface area contributed by atoms with Gasteiger partial charge in [-0.15, -0.1) is 0 Å². The van der Waals surface area contributed by atoms with E-state index in [2.05, 4.69) is 15.3 Å². The Morgan fingerprint density at radius 1 is 1.22 bits per heavy atom. The molecule has 0 saturated heterocycles. The molecule has 5 N–H and O–H groups in total. The zero-order chi connectivity index (χ0) is 16.5. The van der Waals surface area contributed by atoms with Crippen LogP contribution in [0.3, 0.4) is 0 Å². The summed E-state index contributed by atoms with van der Waals surface area (Å²) in [4.78, 5) is 19.5. The topological polar surface area (TPSA) is 116 Å². The number of benzene rings is 1. The predicted molar refractivity (Wildman–Crippen MR) is 89.1 cm³/mol. The molecule has 2 rings (SSSR count). The van der Waals surface area contributed by atoms with E-state index >= 15 is 0 Å². The standard InChI is InChI=1S/C16H19N5O2/c17-14-15(18)21-13(10-20-14)8-4-5-9-19-16(22)23-11-12-6-2-1-3-7-12/h1-4,6-8,10H,5,9,11H2,(H2,17,20)(H2,18,21)(H,19,22). The Morgan fingerprint density at radius 2 is 2.00 bits per heavy atom. The Kier molecular flexibility index (Phi) is 5.93. The molecule has 1 heterocycles. The van der Waals surface area contributed by atoms with Crippen LogP contribution in [0.15, 0.2) is 42.6 Å². The number of ether oxygens (including phenoxy) is 1. The maximum Gasteiger partial charge on any atom is 0.407 e. The van der Waals surface area contributed by atoms with Gasteiger partial charge in [-0.3, -0.25) is 0 Å². The average Bonchev–Trinajstić information content (AvgIpc) is 2.57. The van der Waals surface area contributed by atoms with E-state index in [1.165, 1.54) is 6.20 Å². The van der Waals surface area contributed by atoms with E-state index in [9.17, 15) is 4.79 Å². The number of hydrogen-bond acceptors (Lipinski definition) is 6. The summed E-state index contributed by atoms with van der Waals surface area (Å²) < 4.78 is 5.09. The van der Waals surface area contributed by atoms with E-state index in [1.54, 1.807) is 6.08 Å². The second-order valence-corrected chi connectivity index (χ2v) is 4.74. The highest BCUT2D eigenvalue weighted by Crippen LogP contribution is 2.08. The molecule has 0 aliphatic carbocycles. The van der Waals surface area contributed by atoms with Crippen LogP contribution < -0.4 is 16.8 Å². The lowest BCUT2D eigenvalue weighted by molar-refractivity contribution is 0.140. The van der Waals surface area contributed by atoms with Gasteiger partial charge in [-0.2, -0.15) is 0 Å². The molecule has 0 atom stereocenters. The van der Waals surface area contributed by atoms with Crippen LogP contribution in [-0.4, -0.2) is 22.6 Å². The number of carbonyl (C=O) groups excluding carboxylic acids is 1. The van der Waals surface area contributed by atoms with Gasteiger partial charge >= 0.3 is 6.09 Å². The van der Waals surface area contributed by atoms with Crippen LogP contribution in [0.1, 0.15) is 17.7 Å². The quantitative estimate of drug-likeness (QED) is 0.702. The molecule has 1 aromatic carbocycles. The summed E-state index contributed by atoms with van der Waals surface area (Å²) in [6.07, 6.45) is 5.34. The third kappa shape index (κ3) is 5.66. The maximum absolute atomic E-state index is 11.5. The molecule has 0 fully saturated rings. The number of amides is 1. The summed E-state index contributed by atoms with van der Waals surface area (Å²) in [6.45, 7) is 0.713. The van der Waals surface area contributed by atoms with Crippen molar-refractivity contribution in [3.05, 3.63) is 53.9 Å². The van der Waals surface area contributed by atoms with Crippen molar-refractivity contribution in [3.8, 4) is 0 Å². The van der Waals surface area contributed by atoms with Crippen LogP contribution in [0.25, 0.3) is 6.08 Å². The number of anilines is 2. The zero-order valence-electron chi connectivity index (χ0n) is 12.6. The lowest BCUT2D eigenvalue weighted by Crippen LogP contribution is -2.24. The van der Waals surface area contributed by atoms with Crippen molar-refractivity contribution >= 4 is 23.8 Å². The molecule has 1 amide bonds. The highest BCUT2D eigenvalue weighted by Gasteiger charge is 2.01. The number of aromatic nitrogens is 2. The van der Waals surface area contributed by atoms with Gasteiger partial charge in [-0.25, -0.2) is 14.8 Å². The molecule has 23 heavy (non-hydrogen) atoms. The molecule has 0 spiro atoms. The molecule has 0 aliphatic rings. The van der Waals surface area contributed by atoms with E-state index in [1.807, 2.05) is 36.4 Å². The van der Waals surface area contributed by atoms with Gasteiger partial charge in [0.05, 0.1) is 11.9 Å². The molecule has 0 radical (unpaired) electrons. The van der Waals surface area contributed by atoms with Gasteiger partial charge in [0.15, 0.2) is 11.6 Å². The second-order valence-electron chi connectivity index (χ2n) is 4.74. The van der Waals surface area contributed by atoms with Crippen molar-refractivity contribution in [2.45, 2.75) is 13.0 Å². The highest BCUT2D eigenvalue weighted by molar-refractivity contribution is 5.67. The normalized spacial score (nSPS) is 10.6. The monoisotopic (exact) mass is 313 g/mol. The minimum absolute atomic E-state index is 0.203. The Hall–Kier alpha value is -3.09. The first kappa shape index (κ1) is 16.3. The van der Waals surface area contributed by atoms with E-state index in [-0.39, 0.29) is 18.2 Å². The smallest absolute Gasteiger partial charge is 0.407 e. The van der Waals surface area contributed by atoms with E-state index in [0.29, 0.717) is 18.7 Å². The van der Waals surface area contributed by atoms with Crippen molar-refractivity contribution in [2.24, 2.45) is 0 Å². The van der Waals surface area contributed by atoms with Crippen molar-refractivity contribution < 1.29 is 9.53 Å². The van der Waals surface area contributed by atoms with E-state index < -0.39 is 6.09 Å². The molecule has 7 nitrogen and oxygen atoms in total. The lowest BCUT2D eigenvalue weighted by atomic mass is 10.2. The minimum Gasteiger partial charge on any atom is -0.445 e. The predicted octanol–water partition coefficient (Wildman–Crippen LogP) is 1.97. The number of carbonyl (C=O) groups is 1. The molecular formula is C16H19N5O2. The van der Waals surface area contributed by atoms with Crippen LogP contribution in [0, 0.1) is 0 Å². The molecule has 7 heteroatoms. The molecule has 1 aromatic heterocycles. The van der Waals surface area contributed by atoms with Crippen LogP contribution in [0.2, 0.25) is 0 Å². The maximum atomic E-state index is 11.5. The van der Waals surface area contributed by atoms with Gasteiger partial charge in [0.1, 0.15) is 6.61 Å². The van der Waals surface area contributed by atoms with Gasteiger partial charge in [0, 0.05) is 6.54 Å². The van der Waals surface area contributed by atoms with Crippen molar-refractivity contribution in [2.75, 3.05) is 18.0 Å². The van der Waals surface area contributed by atoms with Crippen LogP contribution in [-0.2, 0) is 11.3 Å². The summed E-state index contributed by atoms with van der Waals surface area (Å²) in [5.74, 6) is 0.416. The fourth-order valence-electron chi connectivity index (χ4n) is 1.74. The Morgan fingerprint density at radius 3 is 2.74 bits per heavy atom. The molecule has 2 aromatic rings. The fraction of sp³-hybridized carbons (Fsp3) is 0.188. The number of rotatable bonds is 6. The van der Waals surface area contributed by atoms with E-state index in [0.717, 1.165) is 5.56 Å². The third-order valence-corrected chi connectivity index (χ3v) is 2.93. The number of alkyl carbamates (subject to hydrolysis) is 1. The Bertz CT molecular complexity index is 673. The number of nitrogen functional groups attached to an aromatic ring is 2. The number of nitrogens with zero attached hydrogens (tertiary/aromatic N) is 2. The first-order valence-electron chi connectivity index (χ1n) is 7.14. The highest BCUT2D eigenvalue weighted by atomic mass is 16.5. The fourth-order valence-corrected chi connectivity index (χ4v) is 1.74. The first-order chi connectivity index (χ1) is 11.1. The Labute approximate surface area is 134 Å². The van der Waals surface area contributed by atoms with E-state index in [4.69, 9.17) is 16.2 Å². The van der Waals surface area contributed by atoms with Gasteiger partial charge < -0.3 is 21.5 Å². The first-order valence-corrected chi connectivity index (χ1v) is 7.14. The SMILES string of the molecule is Nc1ncc(C=CCCNC(=O)OCc2ccccc2)nc1N. The van der Waals surface area contributed by atoms with Gasteiger partial charge in [-0.05, 0) is 18.1 Å². The van der Waals surface area contributed by atoms with Crippen LogP contribution in [0.5, 0.6) is 0 Å². The molecule has 0 aliphatic heterocycles. The summed E-state index contributed by atoms with van der Waals surface area (Å²) >= 11 is 0. The molecule has 0 bridgehead atoms. The van der Waals surface area contributed by atoms with Gasteiger partial charge in [-0.1, -0.05) is 36.4 Å². The number of nitrogens with one attached hydrogen (secondary N) is 1. The minimum atomic E-state index is -0.446. The van der Waals surface area contributed by atoms with Crippen molar-refractivity contribution in [3.63, 3.8) is 0 Å². The molecule has 0 unspecified atom stereocenters. The zero-order valence-corrected chi connectivity index (χ0v) is 12.6. The summed E-state index contributed by atoms with van der Waals surface area (Å²) in [5, 5.41) is 2.67.